The fraction of sp³-hybridized carbons (Fsp3) is 0.462. The van der Waals surface area contributed by atoms with Crippen molar-refractivity contribution in [3.05, 3.63) is 38.9 Å². The maximum Gasteiger partial charge on any atom is 0.312 e. The number of nitro benzene ring substituents is 1. The monoisotopic (exact) mass is 299 g/mol. The highest BCUT2D eigenvalue weighted by atomic mass is 35.5. The Bertz CT molecular complexity index is 562. The fourth-order valence-corrected chi connectivity index (χ4v) is 2.81. The molecule has 0 amide bonds. The number of hydrogen-bond donors (Lipinski definition) is 1. The molecular weight excluding hydrogens is 286 g/mol. The van der Waals surface area contributed by atoms with Gasteiger partial charge in [-0.25, -0.2) is 0 Å². The average Bonchev–Trinajstić information content (AvgIpc) is 2.74. The van der Waals surface area contributed by atoms with Crippen molar-refractivity contribution in [2.24, 2.45) is 5.41 Å². The molecule has 2 atom stereocenters. The number of halogens is 1. The van der Waals surface area contributed by atoms with Crippen molar-refractivity contribution in [2.45, 2.75) is 25.9 Å². The lowest BCUT2D eigenvalue weighted by Crippen LogP contribution is -2.39. The molecule has 1 saturated heterocycles. The van der Waals surface area contributed by atoms with Crippen molar-refractivity contribution >= 4 is 23.3 Å². The van der Waals surface area contributed by atoms with Crippen molar-refractivity contribution in [1.82, 2.24) is 0 Å². The predicted molar refractivity (Wildman–Crippen MR) is 71.9 cm³/mol. The van der Waals surface area contributed by atoms with Gasteiger partial charge >= 0.3 is 5.97 Å². The number of carbonyl (C=O) groups is 1. The molecule has 6 nitrogen and oxygen atoms in total. The molecule has 1 aliphatic heterocycles. The van der Waals surface area contributed by atoms with Crippen LogP contribution in [0.1, 0.15) is 18.9 Å². The van der Waals surface area contributed by atoms with Crippen molar-refractivity contribution in [1.29, 1.82) is 0 Å². The van der Waals surface area contributed by atoms with E-state index in [0.717, 1.165) is 0 Å². The van der Waals surface area contributed by atoms with E-state index in [1.54, 1.807) is 6.92 Å². The number of aliphatic carboxylic acids is 1. The summed E-state index contributed by atoms with van der Waals surface area (Å²) >= 11 is 6.03. The van der Waals surface area contributed by atoms with Gasteiger partial charge in [-0.3, -0.25) is 14.9 Å². The van der Waals surface area contributed by atoms with Crippen LogP contribution < -0.4 is 0 Å². The van der Waals surface area contributed by atoms with Gasteiger partial charge in [0.05, 0.1) is 16.0 Å². The van der Waals surface area contributed by atoms with Crippen molar-refractivity contribution in [3.63, 3.8) is 0 Å². The largest absolute Gasteiger partial charge is 0.481 e. The first-order chi connectivity index (χ1) is 9.38. The predicted octanol–water partition coefficient (Wildman–Crippen LogP) is 2.67. The first-order valence-electron chi connectivity index (χ1n) is 6.15. The van der Waals surface area contributed by atoms with Crippen molar-refractivity contribution in [2.75, 3.05) is 6.61 Å². The van der Waals surface area contributed by atoms with Crippen LogP contribution in [0.4, 0.5) is 5.69 Å². The van der Waals surface area contributed by atoms with Gasteiger partial charge in [-0.05, 0) is 25.8 Å². The maximum atomic E-state index is 11.6. The highest BCUT2D eigenvalue weighted by Gasteiger charge is 2.49. The first-order valence-corrected chi connectivity index (χ1v) is 6.53. The van der Waals surface area contributed by atoms with Crippen molar-refractivity contribution in [3.8, 4) is 0 Å². The fourth-order valence-electron chi connectivity index (χ4n) is 2.58. The molecule has 20 heavy (non-hydrogen) atoms. The van der Waals surface area contributed by atoms with Crippen LogP contribution in [-0.2, 0) is 16.0 Å². The van der Waals surface area contributed by atoms with E-state index in [-0.39, 0.29) is 22.7 Å². The van der Waals surface area contributed by atoms with Crippen LogP contribution in [0.25, 0.3) is 0 Å². The van der Waals surface area contributed by atoms with Gasteiger partial charge < -0.3 is 9.84 Å². The Morgan fingerprint density at radius 3 is 2.85 bits per heavy atom. The quantitative estimate of drug-likeness (QED) is 0.682. The summed E-state index contributed by atoms with van der Waals surface area (Å²) in [4.78, 5) is 22.2. The molecule has 0 bridgehead atoms. The topological polar surface area (TPSA) is 89.7 Å². The molecule has 7 heteroatoms. The summed E-state index contributed by atoms with van der Waals surface area (Å²) in [6, 6.07) is 4.34. The zero-order valence-corrected chi connectivity index (χ0v) is 11.6. The summed E-state index contributed by atoms with van der Waals surface area (Å²) in [5.41, 5.74) is -1.08. The van der Waals surface area contributed by atoms with Crippen LogP contribution >= 0.6 is 11.6 Å². The standard InChI is InChI=1S/C13H14ClNO5/c1-8-13(12(16)17,5-6-20-8)7-9-10(14)3-2-4-11(9)15(18)19/h2-4,8H,5-7H2,1H3,(H,16,17). The molecule has 2 unspecified atom stereocenters. The number of rotatable bonds is 4. The van der Waals surface area contributed by atoms with E-state index in [4.69, 9.17) is 16.3 Å². The van der Waals surface area contributed by atoms with Gasteiger partial charge in [-0.2, -0.15) is 0 Å². The highest BCUT2D eigenvalue weighted by Crippen LogP contribution is 2.42. The second kappa shape index (κ2) is 5.38. The minimum Gasteiger partial charge on any atom is -0.481 e. The SMILES string of the molecule is CC1OCCC1(Cc1c(Cl)cccc1[N+](=O)[O-])C(=O)O. The number of ether oxygens (including phenoxy) is 1. The smallest absolute Gasteiger partial charge is 0.312 e. The van der Waals surface area contributed by atoms with Gasteiger partial charge in [0.15, 0.2) is 0 Å². The molecule has 1 aliphatic rings. The van der Waals surface area contributed by atoms with Crippen LogP contribution in [-0.4, -0.2) is 28.7 Å². The Morgan fingerprint density at radius 1 is 1.65 bits per heavy atom. The van der Waals surface area contributed by atoms with E-state index in [9.17, 15) is 20.0 Å². The molecule has 1 fully saturated rings. The summed E-state index contributed by atoms with van der Waals surface area (Å²) in [5, 5.41) is 20.8. The van der Waals surface area contributed by atoms with Gasteiger partial charge in [-0.15, -0.1) is 0 Å². The molecule has 1 aromatic rings. The minimum absolute atomic E-state index is 0.0144. The van der Waals surface area contributed by atoms with Gasteiger partial charge in [0.1, 0.15) is 5.41 Å². The van der Waals surface area contributed by atoms with Gasteiger partial charge in [-0.1, -0.05) is 17.7 Å². The van der Waals surface area contributed by atoms with Crippen molar-refractivity contribution < 1.29 is 19.6 Å². The highest BCUT2D eigenvalue weighted by molar-refractivity contribution is 6.31. The second-order valence-electron chi connectivity index (χ2n) is 4.90. The number of nitro groups is 1. The molecule has 0 saturated carbocycles. The molecular formula is C13H14ClNO5. The summed E-state index contributed by atoms with van der Waals surface area (Å²) in [6.45, 7) is 2.00. The zero-order chi connectivity index (χ0) is 14.9. The van der Waals surface area contributed by atoms with Gasteiger partial charge in [0.25, 0.3) is 5.69 Å². The second-order valence-corrected chi connectivity index (χ2v) is 5.30. The van der Waals surface area contributed by atoms with E-state index >= 15 is 0 Å². The lowest BCUT2D eigenvalue weighted by Gasteiger charge is -2.27. The molecule has 0 aromatic heterocycles. The molecule has 0 aliphatic carbocycles. The summed E-state index contributed by atoms with van der Waals surface area (Å²) in [5.74, 6) is -1.02. The Labute approximate surface area is 120 Å². The number of nitrogens with zero attached hydrogens (tertiary/aromatic N) is 1. The first kappa shape index (κ1) is 14.7. The Balaban J connectivity index is 2.47. The Morgan fingerprint density at radius 2 is 2.35 bits per heavy atom. The zero-order valence-electron chi connectivity index (χ0n) is 10.8. The number of benzene rings is 1. The van der Waals surface area contributed by atoms with Crippen LogP contribution in [0, 0.1) is 15.5 Å². The third-order valence-corrected chi connectivity index (χ3v) is 4.26. The van der Waals surface area contributed by atoms with E-state index in [2.05, 4.69) is 0 Å². The van der Waals surface area contributed by atoms with Gasteiger partial charge in [0.2, 0.25) is 0 Å². The number of hydrogen-bond acceptors (Lipinski definition) is 4. The molecule has 0 spiro atoms. The third-order valence-electron chi connectivity index (χ3n) is 3.90. The van der Waals surface area contributed by atoms with Crippen LogP contribution in [0.5, 0.6) is 0 Å². The minimum atomic E-state index is -1.17. The number of carboxylic acids is 1. The molecule has 2 rings (SSSR count). The number of carboxylic acid groups (broad SMARTS) is 1. The lowest BCUT2D eigenvalue weighted by molar-refractivity contribution is -0.385. The molecule has 108 valence electrons. The van der Waals surface area contributed by atoms with E-state index in [0.29, 0.717) is 13.0 Å². The summed E-state index contributed by atoms with van der Waals surface area (Å²) in [6.07, 6.45) is -0.221. The lowest BCUT2D eigenvalue weighted by atomic mass is 9.76. The van der Waals surface area contributed by atoms with Crippen LogP contribution in [0.2, 0.25) is 5.02 Å². The van der Waals surface area contributed by atoms with E-state index < -0.39 is 22.4 Å². The third kappa shape index (κ3) is 2.36. The summed E-state index contributed by atoms with van der Waals surface area (Å²) < 4.78 is 5.35. The van der Waals surface area contributed by atoms with Crippen LogP contribution in [0.15, 0.2) is 18.2 Å². The molecule has 0 radical (unpaired) electrons. The molecule has 1 heterocycles. The maximum absolute atomic E-state index is 11.6. The Hall–Kier alpha value is -1.66. The Kier molecular flexibility index (Phi) is 3.96. The van der Waals surface area contributed by atoms with E-state index in [1.807, 2.05) is 0 Å². The molecule has 1 N–H and O–H groups in total. The van der Waals surface area contributed by atoms with Crippen LogP contribution in [0.3, 0.4) is 0 Å². The molecule has 1 aromatic carbocycles. The average molecular weight is 300 g/mol. The summed E-state index contributed by atoms with van der Waals surface area (Å²) in [7, 11) is 0. The van der Waals surface area contributed by atoms with E-state index in [1.165, 1.54) is 18.2 Å². The van der Waals surface area contributed by atoms with Gasteiger partial charge in [0, 0.05) is 18.2 Å². The normalized spacial score (nSPS) is 25.6.